The van der Waals surface area contributed by atoms with Gasteiger partial charge in [0.05, 0.1) is 5.69 Å². The second-order valence-electron chi connectivity index (χ2n) is 6.31. The van der Waals surface area contributed by atoms with E-state index in [0.29, 0.717) is 21.9 Å². The summed E-state index contributed by atoms with van der Waals surface area (Å²) in [5, 5.41) is 8.93. The zero-order valence-electron chi connectivity index (χ0n) is 14.7. The van der Waals surface area contributed by atoms with Crippen LogP contribution in [0.25, 0.3) is 16.2 Å². The molecule has 0 unspecified atom stereocenters. The van der Waals surface area contributed by atoms with E-state index < -0.39 is 0 Å². The van der Waals surface area contributed by atoms with Crippen molar-refractivity contribution in [2.45, 2.75) is 25.9 Å². The fraction of sp³-hybridized carbons (Fsp3) is 0.211. The van der Waals surface area contributed by atoms with E-state index in [2.05, 4.69) is 15.4 Å². The summed E-state index contributed by atoms with van der Waals surface area (Å²) in [4.78, 5) is 17.8. The number of fused-ring (bicyclic) bond motifs is 1. The number of thiazole rings is 1. The number of benzene rings is 1. The van der Waals surface area contributed by atoms with Crippen LogP contribution < -0.4 is 5.32 Å². The van der Waals surface area contributed by atoms with Crippen LogP contribution >= 0.6 is 11.3 Å². The molecule has 0 aliphatic carbocycles. The first-order chi connectivity index (χ1) is 13.1. The highest BCUT2D eigenvalue weighted by atomic mass is 32.1. The van der Waals surface area contributed by atoms with Crippen molar-refractivity contribution in [3.8, 4) is 11.3 Å². The number of aryl methyl sites for hydroxylation is 1. The topological polar surface area (TPSA) is 64.2 Å². The third kappa shape index (κ3) is 3.61. The van der Waals surface area contributed by atoms with E-state index in [1.807, 2.05) is 23.9 Å². The lowest BCUT2D eigenvalue weighted by molar-refractivity contribution is 0.0931. The van der Waals surface area contributed by atoms with E-state index in [4.69, 9.17) is 0 Å². The maximum Gasteiger partial charge on any atom is 0.269 e. The van der Waals surface area contributed by atoms with E-state index in [1.54, 1.807) is 40.4 Å². The van der Waals surface area contributed by atoms with Gasteiger partial charge in [-0.3, -0.25) is 13.9 Å². The molecule has 0 bridgehead atoms. The molecule has 1 atom stereocenters. The highest BCUT2D eigenvalue weighted by Gasteiger charge is 2.18. The molecule has 1 aromatic carbocycles. The maximum absolute atomic E-state index is 14.0. The molecule has 0 spiro atoms. The molecule has 8 heteroatoms. The van der Waals surface area contributed by atoms with Gasteiger partial charge in [0.2, 0.25) is 0 Å². The van der Waals surface area contributed by atoms with Gasteiger partial charge in [0.25, 0.3) is 5.91 Å². The van der Waals surface area contributed by atoms with Crippen molar-refractivity contribution in [1.29, 1.82) is 0 Å². The Balaban J connectivity index is 1.49. The van der Waals surface area contributed by atoms with E-state index in [9.17, 15) is 9.18 Å². The summed E-state index contributed by atoms with van der Waals surface area (Å²) < 4.78 is 17.6. The van der Waals surface area contributed by atoms with Gasteiger partial charge in [-0.05, 0) is 31.5 Å². The minimum atomic E-state index is -0.332. The van der Waals surface area contributed by atoms with Crippen molar-refractivity contribution in [3.05, 3.63) is 65.8 Å². The molecule has 4 aromatic rings. The molecule has 0 radical (unpaired) electrons. The lowest BCUT2D eigenvalue weighted by atomic mass is 10.1. The van der Waals surface area contributed by atoms with Crippen LogP contribution in [0.3, 0.4) is 0 Å². The van der Waals surface area contributed by atoms with Crippen LogP contribution in [0.4, 0.5) is 4.39 Å². The van der Waals surface area contributed by atoms with E-state index in [1.165, 1.54) is 17.4 Å². The van der Waals surface area contributed by atoms with Crippen LogP contribution in [0.2, 0.25) is 0 Å². The number of imidazole rings is 1. The largest absolute Gasteiger partial charge is 0.348 e. The van der Waals surface area contributed by atoms with Gasteiger partial charge in [-0.1, -0.05) is 12.1 Å². The summed E-state index contributed by atoms with van der Waals surface area (Å²) in [6.45, 7) is 2.69. The fourth-order valence-corrected chi connectivity index (χ4v) is 3.73. The molecular formula is C19H18FN5OS. The zero-order chi connectivity index (χ0) is 18.8. The summed E-state index contributed by atoms with van der Waals surface area (Å²) in [7, 11) is 0. The lowest BCUT2D eigenvalue weighted by Gasteiger charge is -2.13. The third-order valence-electron chi connectivity index (χ3n) is 4.32. The number of halogens is 1. The Morgan fingerprint density at radius 2 is 2.19 bits per heavy atom. The predicted octanol–water partition coefficient (Wildman–Crippen LogP) is 3.61. The number of rotatable bonds is 6. The summed E-state index contributed by atoms with van der Waals surface area (Å²) >= 11 is 1.36. The third-order valence-corrected chi connectivity index (χ3v) is 5.16. The number of nitrogens with zero attached hydrogens (tertiary/aromatic N) is 4. The molecule has 1 N–H and O–H groups in total. The molecule has 0 fully saturated rings. The summed E-state index contributed by atoms with van der Waals surface area (Å²) in [6.07, 6.45) is 6.10. The number of nitrogens with one attached hydrogen (secondary N) is 1. The molecule has 0 aliphatic heterocycles. The first-order valence-electron chi connectivity index (χ1n) is 8.61. The first-order valence-corrected chi connectivity index (χ1v) is 9.49. The Hall–Kier alpha value is -3.00. The Bertz CT molecular complexity index is 1070. The van der Waals surface area contributed by atoms with Gasteiger partial charge in [-0.15, -0.1) is 11.3 Å². The van der Waals surface area contributed by atoms with Gasteiger partial charge in [-0.25, -0.2) is 9.37 Å². The quantitative estimate of drug-likeness (QED) is 0.553. The van der Waals surface area contributed by atoms with Gasteiger partial charge in [0, 0.05) is 42.1 Å². The Kier molecular flexibility index (Phi) is 4.72. The normalized spacial score (nSPS) is 12.4. The van der Waals surface area contributed by atoms with E-state index in [0.717, 1.165) is 13.0 Å². The smallest absolute Gasteiger partial charge is 0.269 e. The maximum atomic E-state index is 14.0. The zero-order valence-corrected chi connectivity index (χ0v) is 15.5. The van der Waals surface area contributed by atoms with Crippen LogP contribution in [0, 0.1) is 5.82 Å². The summed E-state index contributed by atoms with van der Waals surface area (Å²) in [5.41, 5.74) is 1.43. The van der Waals surface area contributed by atoms with Gasteiger partial charge in [-0.2, -0.15) is 5.10 Å². The Morgan fingerprint density at radius 1 is 1.33 bits per heavy atom. The number of carbonyl (C=O) groups is 1. The van der Waals surface area contributed by atoms with Gasteiger partial charge in [0.1, 0.15) is 11.5 Å². The van der Waals surface area contributed by atoms with Crippen molar-refractivity contribution in [3.63, 3.8) is 0 Å². The molecule has 27 heavy (non-hydrogen) atoms. The molecule has 4 rings (SSSR count). The van der Waals surface area contributed by atoms with E-state index in [-0.39, 0.29) is 17.8 Å². The molecule has 0 saturated carbocycles. The van der Waals surface area contributed by atoms with Crippen molar-refractivity contribution >= 4 is 22.2 Å². The number of amides is 1. The molecule has 6 nitrogen and oxygen atoms in total. The van der Waals surface area contributed by atoms with Crippen molar-refractivity contribution in [2.75, 3.05) is 0 Å². The fourth-order valence-electron chi connectivity index (χ4n) is 2.87. The van der Waals surface area contributed by atoms with Gasteiger partial charge in [0.15, 0.2) is 4.96 Å². The number of hydrogen-bond donors (Lipinski definition) is 1. The van der Waals surface area contributed by atoms with E-state index >= 15 is 0 Å². The predicted molar refractivity (Wildman–Crippen MR) is 102 cm³/mol. The van der Waals surface area contributed by atoms with Crippen molar-refractivity contribution < 1.29 is 9.18 Å². The van der Waals surface area contributed by atoms with Crippen LogP contribution in [-0.4, -0.2) is 31.1 Å². The molecule has 3 heterocycles. The van der Waals surface area contributed by atoms with Crippen LogP contribution in [0.15, 0.2) is 54.3 Å². The highest BCUT2D eigenvalue weighted by molar-refractivity contribution is 7.15. The second-order valence-corrected chi connectivity index (χ2v) is 7.15. The Labute approximate surface area is 159 Å². The van der Waals surface area contributed by atoms with Crippen LogP contribution in [0.5, 0.6) is 0 Å². The van der Waals surface area contributed by atoms with Gasteiger partial charge < -0.3 is 5.32 Å². The highest BCUT2D eigenvalue weighted by Crippen LogP contribution is 2.25. The minimum Gasteiger partial charge on any atom is -0.348 e. The SMILES string of the molecule is C[C@@H](CCn1cccn1)NC(=O)c1csc2nc(-c3ccccc3F)cn12. The number of carbonyl (C=O) groups excluding carboxylic acids is 1. The average molecular weight is 383 g/mol. The van der Waals surface area contributed by atoms with Crippen molar-refractivity contribution in [1.82, 2.24) is 24.5 Å². The molecular weight excluding hydrogens is 365 g/mol. The molecule has 0 saturated heterocycles. The lowest BCUT2D eigenvalue weighted by Crippen LogP contribution is -2.34. The Morgan fingerprint density at radius 3 is 2.96 bits per heavy atom. The second kappa shape index (κ2) is 7.32. The average Bonchev–Trinajstić information content (AvgIpc) is 3.37. The first kappa shape index (κ1) is 17.4. The molecule has 0 aliphatic rings. The van der Waals surface area contributed by atoms with Crippen molar-refractivity contribution in [2.24, 2.45) is 0 Å². The number of hydrogen-bond acceptors (Lipinski definition) is 4. The molecule has 3 aromatic heterocycles. The van der Waals surface area contributed by atoms with Gasteiger partial charge >= 0.3 is 0 Å². The summed E-state index contributed by atoms with van der Waals surface area (Å²) in [5.74, 6) is -0.506. The standard InChI is InChI=1S/C19H18FN5OS/c1-13(7-10-24-9-4-8-21-24)22-18(26)17-12-27-19-23-16(11-25(17)19)14-5-2-3-6-15(14)20/h2-6,8-9,11-13H,7,10H2,1H3,(H,22,26)/t13-/m0/s1. The minimum absolute atomic E-state index is 0.00814. The summed E-state index contributed by atoms with van der Waals surface area (Å²) in [6, 6.07) is 8.35. The van der Waals surface area contributed by atoms with Crippen LogP contribution in [0.1, 0.15) is 23.8 Å². The molecule has 1 amide bonds. The monoisotopic (exact) mass is 383 g/mol. The molecule has 138 valence electrons. The van der Waals surface area contributed by atoms with Crippen LogP contribution in [-0.2, 0) is 6.54 Å². The number of aromatic nitrogens is 4.